The van der Waals surface area contributed by atoms with Crippen molar-refractivity contribution in [1.29, 1.82) is 0 Å². The maximum atomic E-state index is 6.82. The molecule has 9 aromatic carbocycles. The summed E-state index contributed by atoms with van der Waals surface area (Å²) in [5.41, 5.74) is 20.3. The van der Waals surface area contributed by atoms with Crippen LogP contribution in [0.3, 0.4) is 0 Å². The van der Waals surface area contributed by atoms with Crippen LogP contribution < -0.4 is 10.4 Å². The Balaban J connectivity index is 0.000000224. The number of hydrogen-bond acceptors (Lipinski definition) is 3. The van der Waals surface area contributed by atoms with Crippen LogP contribution in [0.25, 0.3) is 100 Å². The Morgan fingerprint density at radius 3 is 1.71 bits per heavy atom. The Labute approximate surface area is 475 Å². The minimum absolute atomic E-state index is 0. The molecule has 0 aliphatic carbocycles. The molecule has 0 amide bonds. The molecule has 0 spiro atoms. The molecule has 8 heteroatoms. The second-order valence-electron chi connectivity index (χ2n) is 23.2. The van der Waals surface area contributed by atoms with Gasteiger partial charge in [0.2, 0.25) is 0 Å². The smallest absolute Gasteiger partial charge is 0.121 e. The number of benzene rings is 9. The van der Waals surface area contributed by atoms with Crippen molar-refractivity contribution in [2.24, 2.45) is 0 Å². The number of hydrogen-bond donors (Lipinski definition) is 0. The van der Waals surface area contributed by atoms with Gasteiger partial charge in [0.25, 0.3) is 0 Å². The van der Waals surface area contributed by atoms with Crippen LogP contribution in [0.2, 0.25) is 38.3 Å². The van der Waals surface area contributed by atoms with Crippen molar-refractivity contribution in [2.75, 3.05) is 0 Å². The van der Waals surface area contributed by atoms with Gasteiger partial charge in [0, 0.05) is 36.9 Å². The molecule has 1 radical (unpaired) electrons. The molecule has 3 aromatic heterocycles. The van der Waals surface area contributed by atoms with Gasteiger partial charge < -0.3 is 13.6 Å². The van der Waals surface area contributed by atoms with E-state index in [1.165, 1.54) is 62.4 Å². The summed E-state index contributed by atoms with van der Waals surface area (Å²) in [6.07, 6.45) is 0. The third kappa shape index (κ3) is 9.36. The molecule has 391 valence electrons. The zero-order valence-electron chi connectivity index (χ0n) is 46.4. The Morgan fingerprint density at radius 1 is 0.487 bits per heavy atom. The van der Waals surface area contributed by atoms with E-state index in [9.17, 15) is 0 Å². The molecule has 0 fully saturated rings. The van der Waals surface area contributed by atoms with Gasteiger partial charge in [0.15, 0.2) is 0 Å². The van der Waals surface area contributed by atoms with Gasteiger partial charge >= 0.3 is 0 Å². The Morgan fingerprint density at radius 2 is 1.06 bits per heavy atom. The van der Waals surface area contributed by atoms with Crippen molar-refractivity contribution >= 4 is 70.5 Å². The largest absolute Gasteiger partial charge is 0.501 e. The van der Waals surface area contributed by atoms with E-state index < -0.39 is 16.1 Å². The van der Waals surface area contributed by atoms with Crippen LogP contribution in [-0.2, 0) is 20.1 Å². The molecule has 4 heterocycles. The molecule has 0 saturated heterocycles. The van der Waals surface area contributed by atoms with Crippen molar-refractivity contribution < 1.29 is 24.5 Å². The summed E-state index contributed by atoms with van der Waals surface area (Å²) in [6, 6.07) is 74.6. The van der Waals surface area contributed by atoms with Crippen LogP contribution in [0.15, 0.2) is 186 Å². The van der Waals surface area contributed by atoms with Crippen LogP contribution >= 0.6 is 0 Å². The van der Waals surface area contributed by atoms with Crippen molar-refractivity contribution in [3.63, 3.8) is 0 Å². The number of aryl methyl sites for hydroxylation is 2. The third-order valence-corrected chi connectivity index (χ3v) is 23.8. The first-order valence-corrected chi connectivity index (χ1v) is 33.8. The molecule has 13 rings (SSSR count). The normalized spacial score (nSPS) is 13.7. The summed E-state index contributed by atoms with van der Waals surface area (Å²) in [4.78, 5) is 10.3. The van der Waals surface area contributed by atoms with Crippen LogP contribution in [0.4, 0.5) is 0 Å². The van der Waals surface area contributed by atoms with Gasteiger partial charge in [0.05, 0.1) is 55.4 Å². The zero-order valence-corrected chi connectivity index (χ0v) is 50.8. The number of para-hydroxylation sites is 5. The second-order valence-corrected chi connectivity index (χ2v) is 32.8. The van der Waals surface area contributed by atoms with Gasteiger partial charge in [0.1, 0.15) is 5.58 Å². The van der Waals surface area contributed by atoms with Crippen molar-refractivity contribution in [1.82, 2.24) is 19.1 Å². The van der Waals surface area contributed by atoms with Crippen LogP contribution in [0.5, 0.6) is 0 Å². The maximum Gasteiger partial charge on any atom is 0.121 e. The first kappa shape index (κ1) is 52.8. The van der Waals surface area contributed by atoms with Gasteiger partial charge in [-0.05, 0) is 113 Å². The molecule has 0 atom stereocenters. The Kier molecular flexibility index (Phi) is 14.1. The summed E-state index contributed by atoms with van der Waals surface area (Å²) in [5.74, 6) is 2.35. The molecule has 1 aliphatic heterocycles. The molecular formula is C70H66IrN4OSi2-2. The molecule has 0 saturated carbocycles. The van der Waals surface area contributed by atoms with E-state index in [1.54, 1.807) is 10.4 Å². The predicted octanol–water partition coefficient (Wildman–Crippen LogP) is 17.9. The first-order valence-electron chi connectivity index (χ1n) is 27.4. The van der Waals surface area contributed by atoms with E-state index in [0.29, 0.717) is 0 Å². The van der Waals surface area contributed by atoms with E-state index >= 15 is 0 Å². The fourth-order valence-corrected chi connectivity index (χ4v) is 22.3. The minimum atomic E-state index is -1.51. The van der Waals surface area contributed by atoms with Crippen molar-refractivity contribution in [3.8, 4) is 56.4 Å². The number of furan rings is 1. The summed E-state index contributed by atoms with van der Waals surface area (Å²) in [5, 5.41) is 5.56. The zero-order chi connectivity index (χ0) is 53.3. The van der Waals surface area contributed by atoms with E-state index in [4.69, 9.17) is 14.4 Å². The standard InChI is InChI=1S/C49H49N2OSi2.C21H17N2.Ir/c1-31(2)40-27-36(35-22-24-45-46(30-35)54(7,8)26-25-53(45,5)6)28-41(32(3)4)47(40)51-43-20-13-12-19-42(43)50-49(51)39-18-14-17-38-37-23-21-34(29-44(37)52-48(38)39)33-15-10-9-11-16-33;1-15-9-8-10-16(2)20(15)23-19-14-7-6-13-18(19)22-21(23)17-11-4-3-5-12-17;/h9-17,19-24,27-32H,25-26H2,1-8H3;3-11,13-14H,1-2H3;/q2*-1;. The average Bonchev–Trinajstić information content (AvgIpc) is 4.34. The number of rotatable bonds is 8. The summed E-state index contributed by atoms with van der Waals surface area (Å²) >= 11 is 0. The quantitative estimate of drug-likeness (QED) is 0.113. The average molecular weight is 1230 g/mol. The summed E-state index contributed by atoms with van der Waals surface area (Å²) in [7, 11) is -2.94. The van der Waals surface area contributed by atoms with Crippen LogP contribution in [0, 0.1) is 26.0 Å². The van der Waals surface area contributed by atoms with Crippen molar-refractivity contribution in [3.05, 3.63) is 216 Å². The number of imidazole rings is 2. The SMILES string of the molecule is CC(C)c1cc(-c2ccc3c(c2)[Si](C)(C)CC[Si]3(C)C)cc(C(C)C)c1-n1c(-c2[c-]ccc3c2oc2cc(-c4ccccc4)ccc23)nc2ccccc21.Cc1cccc(C)c1-n1c(-c2[c-]cccc2)nc2ccccc21.[Ir]. The maximum absolute atomic E-state index is 6.82. The van der Waals surface area contributed by atoms with E-state index in [0.717, 1.165) is 72.3 Å². The van der Waals surface area contributed by atoms with E-state index in [1.807, 2.05) is 30.3 Å². The molecule has 5 nitrogen and oxygen atoms in total. The predicted molar refractivity (Wildman–Crippen MR) is 330 cm³/mol. The molecular weight excluding hydrogens is 1160 g/mol. The molecule has 0 unspecified atom stereocenters. The molecule has 78 heavy (non-hydrogen) atoms. The Hall–Kier alpha value is -7.20. The van der Waals surface area contributed by atoms with Gasteiger partial charge in [-0.3, -0.25) is 9.97 Å². The van der Waals surface area contributed by atoms with Gasteiger partial charge in [-0.15, -0.1) is 54.1 Å². The minimum Gasteiger partial charge on any atom is -0.501 e. The number of nitrogens with zero attached hydrogens (tertiary/aromatic N) is 4. The second kappa shape index (κ2) is 20.9. The van der Waals surface area contributed by atoms with E-state index in [2.05, 4.69) is 241 Å². The van der Waals surface area contributed by atoms with Gasteiger partial charge in [-0.25, -0.2) is 0 Å². The van der Waals surface area contributed by atoms with Crippen LogP contribution in [-0.4, -0.2) is 35.2 Å². The fourth-order valence-electron chi connectivity index (χ4n) is 12.0. The van der Waals surface area contributed by atoms with Gasteiger partial charge in [-0.2, -0.15) is 0 Å². The molecule has 0 N–H and O–H groups in total. The molecule has 1 aliphatic rings. The van der Waals surface area contributed by atoms with Crippen LogP contribution in [0.1, 0.15) is 61.8 Å². The first-order chi connectivity index (χ1) is 37.2. The molecule has 12 aromatic rings. The third-order valence-electron chi connectivity index (χ3n) is 16.3. The topological polar surface area (TPSA) is 48.8 Å². The summed E-state index contributed by atoms with van der Waals surface area (Å²) in [6.45, 7) is 23.9. The number of fused-ring (bicyclic) bond motifs is 6. The monoisotopic (exact) mass is 1230 g/mol. The number of aromatic nitrogens is 4. The molecule has 0 bridgehead atoms. The summed E-state index contributed by atoms with van der Waals surface area (Å²) < 4.78 is 11.5. The van der Waals surface area contributed by atoms with Gasteiger partial charge in [-0.1, -0.05) is 190 Å². The fraction of sp³-hybridized carbons (Fsp3) is 0.200. The van der Waals surface area contributed by atoms with E-state index in [-0.39, 0.29) is 31.9 Å². The van der Waals surface area contributed by atoms with Crippen molar-refractivity contribution in [2.45, 2.75) is 91.7 Å². The Bertz CT molecular complexity index is 4150.